The van der Waals surface area contributed by atoms with Crippen LogP contribution in [0.1, 0.15) is 12.8 Å². The molecule has 1 aromatic rings. The largest absolute Gasteiger partial charge is 0.489 e. The number of ether oxygens (including phenoxy) is 2. The van der Waals surface area contributed by atoms with E-state index in [0.717, 1.165) is 38.6 Å². The summed E-state index contributed by atoms with van der Waals surface area (Å²) in [5, 5.41) is 3.46. The first kappa shape index (κ1) is 23.3. The molecule has 0 aromatic heterocycles. The first-order valence-electron chi connectivity index (χ1n) is 8.52. The molecule has 0 atom stereocenters. The summed E-state index contributed by atoms with van der Waals surface area (Å²) in [6.45, 7) is 3.48. The van der Waals surface area contributed by atoms with Crippen LogP contribution in [0.5, 0.6) is 5.75 Å². The van der Waals surface area contributed by atoms with Gasteiger partial charge < -0.3 is 19.7 Å². The summed E-state index contributed by atoms with van der Waals surface area (Å²) in [7, 11) is 3.72. The maximum Gasteiger partial charge on any atom is 0.193 e. The lowest BCUT2D eigenvalue weighted by Crippen LogP contribution is -2.49. The number of thioether (sulfide) groups is 1. The summed E-state index contributed by atoms with van der Waals surface area (Å²) in [5.74, 6) is 0.758. The van der Waals surface area contributed by atoms with Crippen molar-refractivity contribution in [3.63, 3.8) is 0 Å². The van der Waals surface area contributed by atoms with Crippen molar-refractivity contribution < 1.29 is 13.9 Å². The zero-order chi connectivity index (χ0) is 18.1. The molecular weight excluding hydrogens is 468 g/mol. The molecule has 0 radical (unpaired) electrons. The summed E-state index contributed by atoms with van der Waals surface area (Å²) < 4.78 is 24.8. The Bertz CT molecular complexity index is 571. The van der Waals surface area contributed by atoms with Crippen molar-refractivity contribution in [2.75, 3.05) is 53.3 Å². The van der Waals surface area contributed by atoms with Crippen molar-refractivity contribution in [3.05, 3.63) is 30.1 Å². The molecular formula is C18H29FIN3O2S. The maximum atomic E-state index is 13.6. The third-order valence-corrected chi connectivity index (χ3v) is 5.92. The van der Waals surface area contributed by atoms with Crippen molar-refractivity contribution in [2.45, 2.75) is 17.6 Å². The fourth-order valence-electron chi connectivity index (χ4n) is 2.78. The lowest BCUT2D eigenvalue weighted by Gasteiger charge is -2.36. The van der Waals surface area contributed by atoms with Gasteiger partial charge >= 0.3 is 0 Å². The standard InChI is InChI=1S/C18H28FN3O2S.HI/c1-20-17(21-14-18(25-3)8-11-23-12-9-18)22(2)10-13-24-16-7-5-4-6-15(16)19;/h4-7H,8-14H2,1-3H3,(H,20,21);1H. The molecule has 1 heterocycles. The number of halogens is 2. The summed E-state index contributed by atoms with van der Waals surface area (Å²) in [6.07, 6.45) is 4.23. The number of guanidine groups is 1. The van der Waals surface area contributed by atoms with Crippen LogP contribution in [0, 0.1) is 5.82 Å². The van der Waals surface area contributed by atoms with Crippen molar-refractivity contribution in [1.82, 2.24) is 10.2 Å². The van der Waals surface area contributed by atoms with E-state index in [0.29, 0.717) is 13.2 Å². The van der Waals surface area contributed by atoms with E-state index in [2.05, 4.69) is 16.6 Å². The molecule has 8 heteroatoms. The van der Waals surface area contributed by atoms with Crippen LogP contribution in [0.2, 0.25) is 0 Å². The lowest BCUT2D eigenvalue weighted by atomic mass is 9.99. The van der Waals surface area contributed by atoms with Gasteiger partial charge in [0.05, 0.1) is 6.54 Å². The average Bonchev–Trinajstić information content (AvgIpc) is 2.64. The fourth-order valence-corrected chi connectivity index (χ4v) is 3.57. The lowest BCUT2D eigenvalue weighted by molar-refractivity contribution is 0.0781. The second-order valence-electron chi connectivity index (χ2n) is 6.10. The quantitative estimate of drug-likeness (QED) is 0.356. The number of hydrogen-bond donors (Lipinski definition) is 1. The number of likely N-dealkylation sites (N-methyl/N-ethyl adjacent to an activating group) is 1. The Morgan fingerprint density at radius 2 is 2.08 bits per heavy atom. The molecule has 26 heavy (non-hydrogen) atoms. The van der Waals surface area contributed by atoms with E-state index in [-0.39, 0.29) is 40.3 Å². The highest BCUT2D eigenvalue weighted by Crippen LogP contribution is 2.33. The van der Waals surface area contributed by atoms with Gasteiger partial charge in [-0.25, -0.2) is 4.39 Å². The molecule has 1 fully saturated rings. The van der Waals surface area contributed by atoms with E-state index in [1.807, 2.05) is 23.7 Å². The van der Waals surface area contributed by atoms with Crippen molar-refractivity contribution in [1.29, 1.82) is 0 Å². The number of hydrogen-bond acceptors (Lipinski definition) is 4. The summed E-state index contributed by atoms with van der Waals surface area (Å²) >= 11 is 1.89. The van der Waals surface area contributed by atoms with Crippen LogP contribution in [0.3, 0.4) is 0 Å². The van der Waals surface area contributed by atoms with Gasteiger partial charge in [0.1, 0.15) is 6.61 Å². The van der Waals surface area contributed by atoms with Gasteiger partial charge in [-0.3, -0.25) is 4.99 Å². The van der Waals surface area contributed by atoms with Crippen LogP contribution < -0.4 is 10.1 Å². The maximum absolute atomic E-state index is 13.6. The predicted octanol–water partition coefficient (Wildman–Crippen LogP) is 3.24. The molecule has 1 aromatic carbocycles. The molecule has 1 aliphatic heterocycles. The number of nitrogens with zero attached hydrogens (tertiary/aromatic N) is 2. The van der Waals surface area contributed by atoms with Crippen LogP contribution in [0.15, 0.2) is 29.3 Å². The van der Waals surface area contributed by atoms with E-state index in [1.165, 1.54) is 6.07 Å². The van der Waals surface area contributed by atoms with Gasteiger partial charge in [-0.2, -0.15) is 11.8 Å². The molecule has 1 aliphatic rings. The Morgan fingerprint density at radius 1 is 1.38 bits per heavy atom. The Labute approximate surface area is 177 Å². The van der Waals surface area contributed by atoms with Crippen LogP contribution in [0.25, 0.3) is 0 Å². The highest BCUT2D eigenvalue weighted by molar-refractivity contribution is 14.0. The molecule has 0 spiro atoms. The smallest absolute Gasteiger partial charge is 0.193 e. The number of para-hydroxylation sites is 1. The SMILES string of the molecule is CN=C(NCC1(SC)CCOCC1)N(C)CCOc1ccccc1F.I. The topological polar surface area (TPSA) is 46.1 Å². The normalized spacial score (nSPS) is 16.5. The molecule has 1 saturated heterocycles. The molecule has 5 nitrogen and oxygen atoms in total. The van der Waals surface area contributed by atoms with Crippen molar-refractivity contribution >= 4 is 41.7 Å². The third-order valence-electron chi connectivity index (χ3n) is 4.50. The molecule has 0 aliphatic carbocycles. The molecule has 0 amide bonds. The van der Waals surface area contributed by atoms with Crippen molar-refractivity contribution in [3.8, 4) is 5.75 Å². The van der Waals surface area contributed by atoms with Crippen LogP contribution >= 0.6 is 35.7 Å². The predicted molar refractivity (Wildman–Crippen MR) is 118 cm³/mol. The number of aliphatic imine (C=N–C) groups is 1. The number of rotatable bonds is 7. The van der Waals surface area contributed by atoms with Crippen LogP contribution in [0.4, 0.5) is 4.39 Å². The van der Waals surface area contributed by atoms with E-state index < -0.39 is 0 Å². The first-order valence-corrected chi connectivity index (χ1v) is 9.75. The molecule has 1 N–H and O–H groups in total. The van der Waals surface area contributed by atoms with Gasteiger partial charge in [0.2, 0.25) is 0 Å². The van der Waals surface area contributed by atoms with Crippen LogP contribution in [-0.2, 0) is 4.74 Å². The van der Waals surface area contributed by atoms with Gasteiger partial charge in [0.15, 0.2) is 17.5 Å². The summed E-state index contributed by atoms with van der Waals surface area (Å²) in [6, 6.07) is 6.45. The molecule has 0 saturated carbocycles. The molecule has 0 unspecified atom stereocenters. The summed E-state index contributed by atoms with van der Waals surface area (Å²) in [4.78, 5) is 6.34. The highest BCUT2D eigenvalue weighted by Gasteiger charge is 2.32. The van der Waals surface area contributed by atoms with Gasteiger partial charge in [0.25, 0.3) is 0 Å². The first-order chi connectivity index (χ1) is 12.1. The Morgan fingerprint density at radius 3 is 2.69 bits per heavy atom. The fraction of sp³-hybridized carbons (Fsp3) is 0.611. The number of nitrogens with one attached hydrogen (secondary N) is 1. The van der Waals surface area contributed by atoms with Gasteiger partial charge in [0, 0.05) is 38.6 Å². The van der Waals surface area contributed by atoms with E-state index in [4.69, 9.17) is 9.47 Å². The Hall–Kier alpha value is -0.740. The minimum Gasteiger partial charge on any atom is -0.489 e. The summed E-state index contributed by atoms with van der Waals surface area (Å²) in [5.41, 5.74) is 0. The average molecular weight is 497 g/mol. The second kappa shape index (κ2) is 11.9. The van der Waals surface area contributed by atoms with Crippen LogP contribution in [-0.4, -0.2) is 68.9 Å². The van der Waals surface area contributed by atoms with Gasteiger partial charge in [-0.1, -0.05) is 12.1 Å². The highest BCUT2D eigenvalue weighted by atomic mass is 127. The molecule has 0 bridgehead atoms. The minimum absolute atomic E-state index is 0. The number of benzene rings is 1. The van der Waals surface area contributed by atoms with E-state index in [1.54, 1.807) is 25.2 Å². The van der Waals surface area contributed by atoms with E-state index >= 15 is 0 Å². The zero-order valence-electron chi connectivity index (χ0n) is 15.7. The molecule has 2 rings (SSSR count). The monoisotopic (exact) mass is 497 g/mol. The zero-order valence-corrected chi connectivity index (χ0v) is 18.8. The van der Waals surface area contributed by atoms with Gasteiger partial charge in [-0.05, 0) is 31.2 Å². The molecule has 148 valence electrons. The van der Waals surface area contributed by atoms with Crippen molar-refractivity contribution in [2.24, 2.45) is 4.99 Å². The van der Waals surface area contributed by atoms with E-state index in [9.17, 15) is 4.39 Å². The van der Waals surface area contributed by atoms with Gasteiger partial charge in [-0.15, -0.1) is 24.0 Å². The minimum atomic E-state index is -0.339. The Kier molecular flexibility index (Phi) is 10.6. The Balaban J connectivity index is 0.00000338. The third kappa shape index (κ3) is 6.77. The second-order valence-corrected chi connectivity index (χ2v) is 7.37.